The van der Waals surface area contributed by atoms with Gasteiger partial charge in [0.05, 0.1) is 12.7 Å². The third-order valence-electron chi connectivity index (χ3n) is 2.50. The molecule has 0 N–H and O–H groups in total. The molecule has 0 aliphatic rings. The van der Waals surface area contributed by atoms with Crippen molar-refractivity contribution in [3.63, 3.8) is 0 Å². The van der Waals surface area contributed by atoms with Crippen LogP contribution in [-0.4, -0.2) is 17.6 Å². The van der Waals surface area contributed by atoms with Gasteiger partial charge in [-0.15, -0.1) is 0 Å². The molecular weight excluding hydrogens is 206 g/mol. The van der Waals surface area contributed by atoms with Crippen LogP contribution in [0, 0.1) is 0 Å². The summed E-state index contributed by atoms with van der Waals surface area (Å²) in [5.41, 5.74) is 0.372. The number of carbonyl (C=O) groups is 1. The lowest BCUT2D eigenvalue weighted by atomic mass is 10.1. The number of benzene rings is 1. The Hall–Kier alpha value is -2.10. The van der Waals surface area contributed by atoms with E-state index >= 15 is 0 Å². The fourth-order valence-electron chi connectivity index (χ4n) is 1.59. The Labute approximate surface area is 92.1 Å². The van der Waals surface area contributed by atoms with Crippen LogP contribution in [0.2, 0.25) is 0 Å². The number of fused-ring (bicyclic) bond motifs is 1. The van der Waals surface area contributed by atoms with E-state index in [4.69, 9.17) is 0 Å². The first-order chi connectivity index (χ1) is 7.63. The molecule has 82 valence electrons. The molecule has 0 bridgehead atoms. The highest BCUT2D eigenvalue weighted by atomic mass is 16.5. The highest BCUT2D eigenvalue weighted by Gasteiger charge is 2.07. The molecule has 4 nitrogen and oxygen atoms in total. The van der Waals surface area contributed by atoms with Crippen LogP contribution in [0.3, 0.4) is 0 Å². The molecule has 0 saturated heterocycles. The van der Waals surface area contributed by atoms with E-state index in [9.17, 15) is 9.59 Å². The lowest BCUT2D eigenvalue weighted by molar-refractivity contribution is 0.0601. The first-order valence-corrected chi connectivity index (χ1v) is 4.81. The molecule has 1 aromatic carbocycles. The number of pyridine rings is 1. The first-order valence-electron chi connectivity index (χ1n) is 4.81. The van der Waals surface area contributed by atoms with Crippen LogP contribution in [-0.2, 0) is 11.8 Å². The Morgan fingerprint density at radius 3 is 2.75 bits per heavy atom. The highest BCUT2D eigenvalue weighted by molar-refractivity contribution is 5.95. The van der Waals surface area contributed by atoms with Gasteiger partial charge in [-0.05, 0) is 29.7 Å². The van der Waals surface area contributed by atoms with Gasteiger partial charge in [0.25, 0.3) is 5.56 Å². The van der Waals surface area contributed by atoms with Crippen LogP contribution < -0.4 is 5.56 Å². The minimum atomic E-state index is -0.400. The van der Waals surface area contributed by atoms with Gasteiger partial charge in [0, 0.05) is 18.6 Å². The van der Waals surface area contributed by atoms with Crippen molar-refractivity contribution < 1.29 is 9.53 Å². The minimum Gasteiger partial charge on any atom is -0.465 e. The molecule has 0 spiro atoms. The third kappa shape index (κ3) is 1.58. The molecule has 0 atom stereocenters. The van der Waals surface area contributed by atoms with Crippen LogP contribution in [0.5, 0.6) is 0 Å². The number of carbonyl (C=O) groups excluding carboxylic acids is 1. The lowest BCUT2D eigenvalue weighted by Gasteiger charge is -2.03. The average molecular weight is 217 g/mol. The summed E-state index contributed by atoms with van der Waals surface area (Å²) >= 11 is 0. The summed E-state index contributed by atoms with van der Waals surface area (Å²) in [5.74, 6) is -0.400. The molecule has 0 amide bonds. The molecule has 16 heavy (non-hydrogen) atoms. The van der Waals surface area contributed by atoms with Gasteiger partial charge in [-0.1, -0.05) is 0 Å². The van der Waals surface area contributed by atoms with E-state index in [0.29, 0.717) is 10.9 Å². The maximum absolute atomic E-state index is 11.7. The second-order valence-corrected chi connectivity index (χ2v) is 3.53. The fourth-order valence-corrected chi connectivity index (χ4v) is 1.59. The van der Waals surface area contributed by atoms with Gasteiger partial charge >= 0.3 is 5.97 Å². The smallest absolute Gasteiger partial charge is 0.337 e. The molecule has 0 unspecified atom stereocenters. The van der Waals surface area contributed by atoms with E-state index in [1.54, 1.807) is 37.5 Å². The molecular formula is C12H11NO3. The topological polar surface area (TPSA) is 48.3 Å². The Balaban J connectivity index is 2.70. The SMILES string of the molecule is COC(=O)c1ccc2c(=O)n(C)ccc2c1. The molecule has 0 aliphatic carbocycles. The first kappa shape index (κ1) is 10.4. The molecule has 4 heteroatoms. The molecule has 1 aromatic heterocycles. The normalized spacial score (nSPS) is 10.4. The second-order valence-electron chi connectivity index (χ2n) is 3.53. The Kier molecular flexibility index (Phi) is 2.48. The standard InChI is InChI=1S/C12H11NO3/c1-13-6-5-8-7-9(12(15)16-2)3-4-10(8)11(13)14/h3-7H,1-2H3. The van der Waals surface area contributed by atoms with Crippen LogP contribution >= 0.6 is 0 Å². The number of hydrogen-bond donors (Lipinski definition) is 0. The number of hydrogen-bond acceptors (Lipinski definition) is 3. The Morgan fingerprint density at radius 1 is 1.31 bits per heavy atom. The summed E-state index contributed by atoms with van der Waals surface area (Å²) in [6, 6.07) is 6.69. The van der Waals surface area contributed by atoms with Crippen molar-refractivity contribution >= 4 is 16.7 Å². The van der Waals surface area contributed by atoms with Crippen LogP contribution in [0.15, 0.2) is 35.3 Å². The van der Waals surface area contributed by atoms with E-state index in [-0.39, 0.29) is 5.56 Å². The lowest BCUT2D eigenvalue weighted by Crippen LogP contribution is -2.15. The summed E-state index contributed by atoms with van der Waals surface area (Å²) in [4.78, 5) is 23.0. The maximum Gasteiger partial charge on any atom is 0.337 e. The van der Waals surface area contributed by atoms with Crippen LogP contribution in [0.1, 0.15) is 10.4 Å². The summed E-state index contributed by atoms with van der Waals surface area (Å²) in [6.45, 7) is 0. The predicted octanol–water partition coefficient (Wildman–Crippen LogP) is 1.33. The monoisotopic (exact) mass is 217 g/mol. The van der Waals surface area contributed by atoms with Crippen molar-refractivity contribution in [1.29, 1.82) is 0 Å². The highest BCUT2D eigenvalue weighted by Crippen LogP contribution is 2.12. The Bertz CT molecular complexity index is 613. The summed E-state index contributed by atoms with van der Waals surface area (Å²) in [5, 5.41) is 1.34. The van der Waals surface area contributed by atoms with E-state index < -0.39 is 5.97 Å². The van der Waals surface area contributed by atoms with Crippen LogP contribution in [0.25, 0.3) is 10.8 Å². The maximum atomic E-state index is 11.7. The fraction of sp³-hybridized carbons (Fsp3) is 0.167. The van der Waals surface area contributed by atoms with Gasteiger partial charge in [0.15, 0.2) is 0 Å². The summed E-state index contributed by atoms with van der Waals surface area (Å²) < 4.78 is 6.12. The predicted molar refractivity (Wildman–Crippen MR) is 60.5 cm³/mol. The van der Waals surface area contributed by atoms with Gasteiger partial charge in [-0.3, -0.25) is 4.79 Å². The number of rotatable bonds is 1. The molecule has 1 heterocycles. The van der Waals surface area contributed by atoms with Crippen molar-refractivity contribution in [2.24, 2.45) is 7.05 Å². The number of methoxy groups -OCH3 is 1. The van der Waals surface area contributed by atoms with Gasteiger partial charge in [0.1, 0.15) is 0 Å². The molecule has 2 rings (SSSR count). The van der Waals surface area contributed by atoms with Gasteiger partial charge < -0.3 is 9.30 Å². The third-order valence-corrected chi connectivity index (χ3v) is 2.50. The van der Waals surface area contributed by atoms with E-state index in [0.717, 1.165) is 5.39 Å². The number of aryl methyl sites for hydroxylation is 1. The second kappa shape index (κ2) is 3.81. The van der Waals surface area contributed by atoms with Crippen LogP contribution in [0.4, 0.5) is 0 Å². The zero-order valence-electron chi connectivity index (χ0n) is 9.06. The van der Waals surface area contributed by atoms with E-state index in [2.05, 4.69) is 4.74 Å². The van der Waals surface area contributed by atoms with Crippen molar-refractivity contribution in [1.82, 2.24) is 4.57 Å². The molecule has 2 aromatic rings. The zero-order valence-corrected chi connectivity index (χ0v) is 9.06. The molecule has 0 radical (unpaired) electrons. The largest absolute Gasteiger partial charge is 0.465 e. The molecule has 0 aliphatic heterocycles. The Morgan fingerprint density at radius 2 is 2.06 bits per heavy atom. The van der Waals surface area contributed by atoms with Gasteiger partial charge in [-0.25, -0.2) is 4.79 Å². The summed E-state index contributed by atoms with van der Waals surface area (Å²) in [6.07, 6.45) is 1.67. The zero-order chi connectivity index (χ0) is 11.7. The minimum absolute atomic E-state index is 0.0751. The quantitative estimate of drug-likeness (QED) is 0.677. The van der Waals surface area contributed by atoms with Gasteiger partial charge in [-0.2, -0.15) is 0 Å². The number of aromatic nitrogens is 1. The average Bonchev–Trinajstić information content (AvgIpc) is 2.32. The van der Waals surface area contributed by atoms with Crippen molar-refractivity contribution in [2.75, 3.05) is 7.11 Å². The number of esters is 1. The number of nitrogens with zero attached hydrogens (tertiary/aromatic N) is 1. The van der Waals surface area contributed by atoms with Crippen molar-refractivity contribution in [3.05, 3.63) is 46.4 Å². The van der Waals surface area contributed by atoms with E-state index in [1.807, 2.05) is 0 Å². The number of ether oxygens (including phenoxy) is 1. The van der Waals surface area contributed by atoms with Gasteiger partial charge in [0.2, 0.25) is 0 Å². The van der Waals surface area contributed by atoms with E-state index in [1.165, 1.54) is 11.7 Å². The molecule has 0 fully saturated rings. The van der Waals surface area contributed by atoms with Crippen molar-refractivity contribution in [2.45, 2.75) is 0 Å². The summed E-state index contributed by atoms with van der Waals surface area (Å²) in [7, 11) is 3.02. The molecule has 0 saturated carbocycles. The van der Waals surface area contributed by atoms with Crippen molar-refractivity contribution in [3.8, 4) is 0 Å².